The first-order valence-corrected chi connectivity index (χ1v) is 8.49. The summed E-state index contributed by atoms with van der Waals surface area (Å²) in [7, 11) is 2.92. The molecule has 2 N–H and O–H groups in total. The predicted octanol–water partition coefficient (Wildman–Crippen LogP) is 2.15. The van der Waals surface area contributed by atoms with E-state index in [2.05, 4.69) is 15.8 Å². The fourth-order valence-electron chi connectivity index (χ4n) is 2.21. The van der Waals surface area contributed by atoms with Gasteiger partial charge in [0.05, 0.1) is 31.9 Å². The zero-order valence-electron chi connectivity index (χ0n) is 15.5. The summed E-state index contributed by atoms with van der Waals surface area (Å²) in [5.74, 6) is -0.221. The molecule has 2 rings (SSSR count). The van der Waals surface area contributed by atoms with Crippen LogP contribution in [0.15, 0.2) is 41.5 Å². The Morgan fingerprint density at radius 1 is 1.17 bits per heavy atom. The van der Waals surface area contributed by atoms with E-state index in [0.29, 0.717) is 17.1 Å². The van der Waals surface area contributed by atoms with Crippen molar-refractivity contribution >= 4 is 35.3 Å². The fourth-order valence-corrected chi connectivity index (χ4v) is 2.39. The van der Waals surface area contributed by atoms with Crippen molar-refractivity contribution in [1.82, 2.24) is 10.7 Å². The molecule has 29 heavy (non-hydrogen) atoms. The van der Waals surface area contributed by atoms with Gasteiger partial charge in [0.25, 0.3) is 17.5 Å². The second-order valence-electron chi connectivity index (χ2n) is 5.51. The molecule has 10 nitrogen and oxygen atoms in total. The molecule has 0 atom stereocenters. The van der Waals surface area contributed by atoms with E-state index in [1.54, 1.807) is 6.07 Å². The number of carbonyl (C=O) groups is 2. The lowest BCUT2D eigenvalue weighted by atomic mass is 10.2. The van der Waals surface area contributed by atoms with Gasteiger partial charge in [-0.15, -0.1) is 0 Å². The SMILES string of the molecule is COc1ccc(C(=O)NCC(=O)N/N=C\c2ccc(Cl)c([N+](=O)[O-])c2)cc1OC. The highest BCUT2D eigenvalue weighted by Gasteiger charge is 2.13. The molecule has 2 aromatic rings. The summed E-state index contributed by atoms with van der Waals surface area (Å²) in [6.07, 6.45) is 1.22. The van der Waals surface area contributed by atoms with Gasteiger partial charge in [-0.2, -0.15) is 5.10 Å². The van der Waals surface area contributed by atoms with Gasteiger partial charge in [0, 0.05) is 17.2 Å². The molecule has 0 spiro atoms. The molecule has 0 saturated carbocycles. The van der Waals surface area contributed by atoms with Crippen LogP contribution in [0.2, 0.25) is 5.02 Å². The number of amides is 2. The van der Waals surface area contributed by atoms with Crippen LogP contribution in [0.25, 0.3) is 0 Å². The van der Waals surface area contributed by atoms with E-state index < -0.39 is 16.7 Å². The highest BCUT2D eigenvalue weighted by molar-refractivity contribution is 6.32. The Bertz CT molecular complexity index is 963. The second-order valence-corrected chi connectivity index (χ2v) is 5.92. The molecule has 11 heteroatoms. The summed E-state index contributed by atoms with van der Waals surface area (Å²) < 4.78 is 10.2. The standard InChI is InChI=1S/C18H17ClN4O6/c1-28-15-6-4-12(8-16(15)29-2)18(25)20-10-17(24)22-21-9-11-3-5-13(19)14(7-11)23(26)27/h3-9H,10H2,1-2H3,(H,20,25)(H,22,24)/b21-9-. The highest BCUT2D eigenvalue weighted by atomic mass is 35.5. The van der Waals surface area contributed by atoms with Crippen LogP contribution in [-0.2, 0) is 4.79 Å². The summed E-state index contributed by atoms with van der Waals surface area (Å²) in [6, 6.07) is 8.66. The molecular weight excluding hydrogens is 404 g/mol. The molecule has 0 aliphatic rings. The quantitative estimate of drug-likeness (QED) is 0.382. The monoisotopic (exact) mass is 420 g/mol. The van der Waals surface area contributed by atoms with Gasteiger partial charge in [-0.3, -0.25) is 19.7 Å². The van der Waals surface area contributed by atoms with Crippen molar-refractivity contribution in [2.45, 2.75) is 0 Å². The summed E-state index contributed by atoms with van der Waals surface area (Å²) in [6.45, 7) is -0.328. The topological polar surface area (TPSA) is 132 Å². The van der Waals surface area contributed by atoms with E-state index in [1.807, 2.05) is 0 Å². The Kier molecular flexibility index (Phi) is 7.49. The molecule has 2 aromatic carbocycles. The maximum Gasteiger partial charge on any atom is 0.288 e. The summed E-state index contributed by atoms with van der Waals surface area (Å²) >= 11 is 5.72. The van der Waals surface area contributed by atoms with E-state index in [-0.39, 0.29) is 22.8 Å². The zero-order valence-corrected chi connectivity index (χ0v) is 16.2. The fraction of sp³-hybridized carbons (Fsp3) is 0.167. The molecule has 0 heterocycles. The third kappa shape index (κ3) is 5.91. The van der Waals surface area contributed by atoms with Crippen molar-refractivity contribution in [3.8, 4) is 11.5 Å². The number of hydrogen-bond donors (Lipinski definition) is 2. The number of hydrogen-bond acceptors (Lipinski definition) is 7. The minimum absolute atomic E-state index is 0.00550. The first-order chi connectivity index (χ1) is 13.8. The van der Waals surface area contributed by atoms with Crippen LogP contribution < -0.4 is 20.2 Å². The number of nitrogens with zero attached hydrogens (tertiary/aromatic N) is 2. The number of nitro benzene ring substituents is 1. The number of nitro groups is 1. The number of methoxy groups -OCH3 is 2. The number of nitrogens with one attached hydrogen (secondary N) is 2. The Morgan fingerprint density at radius 2 is 1.90 bits per heavy atom. The molecule has 2 amide bonds. The lowest BCUT2D eigenvalue weighted by molar-refractivity contribution is -0.384. The van der Waals surface area contributed by atoms with Gasteiger partial charge in [0.15, 0.2) is 11.5 Å². The third-order valence-electron chi connectivity index (χ3n) is 3.62. The average Bonchev–Trinajstić information content (AvgIpc) is 2.72. The lowest BCUT2D eigenvalue weighted by Crippen LogP contribution is -2.34. The van der Waals surface area contributed by atoms with Crippen LogP contribution in [0.4, 0.5) is 5.69 Å². The number of ether oxygens (including phenoxy) is 2. The summed E-state index contributed by atoms with van der Waals surface area (Å²) in [5, 5.41) is 17.0. The van der Waals surface area contributed by atoms with Gasteiger partial charge >= 0.3 is 0 Å². The van der Waals surface area contributed by atoms with Crippen molar-refractivity contribution in [2.24, 2.45) is 5.10 Å². The van der Waals surface area contributed by atoms with Crippen molar-refractivity contribution < 1.29 is 24.0 Å². The number of halogens is 1. The number of rotatable bonds is 8. The Balaban J connectivity index is 1.90. The lowest BCUT2D eigenvalue weighted by Gasteiger charge is -2.09. The van der Waals surface area contributed by atoms with Crippen LogP contribution in [0.3, 0.4) is 0 Å². The first-order valence-electron chi connectivity index (χ1n) is 8.11. The summed E-state index contributed by atoms with van der Waals surface area (Å²) in [5.41, 5.74) is 2.59. The molecule has 0 aromatic heterocycles. The van der Waals surface area contributed by atoms with Crippen molar-refractivity contribution in [1.29, 1.82) is 0 Å². The van der Waals surface area contributed by atoms with E-state index in [1.165, 1.54) is 50.8 Å². The van der Waals surface area contributed by atoms with Crippen molar-refractivity contribution in [3.63, 3.8) is 0 Å². The zero-order chi connectivity index (χ0) is 21.4. The predicted molar refractivity (Wildman–Crippen MR) is 106 cm³/mol. The van der Waals surface area contributed by atoms with Gasteiger partial charge in [-0.1, -0.05) is 17.7 Å². The van der Waals surface area contributed by atoms with Crippen LogP contribution in [-0.4, -0.2) is 43.7 Å². The third-order valence-corrected chi connectivity index (χ3v) is 3.94. The smallest absolute Gasteiger partial charge is 0.288 e. The van der Waals surface area contributed by atoms with Gasteiger partial charge in [0.1, 0.15) is 5.02 Å². The molecule has 0 unspecified atom stereocenters. The average molecular weight is 421 g/mol. The van der Waals surface area contributed by atoms with Crippen LogP contribution >= 0.6 is 11.6 Å². The van der Waals surface area contributed by atoms with E-state index in [9.17, 15) is 19.7 Å². The van der Waals surface area contributed by atoms with Crippen LogP contribution in [0.1, 0.15) is 15.9 Å². The minimum atomic E-state index is -0.623. The number of benzene rings is 2. The van der Waals surface area contributed by atoms with Gasteiger partial charge in [0.2, 0.25) is 0 Å². The highest BCUT2D eigenvalue weighted by Crippen LogP contribution is 2.27. The van der Waals surface area contributed by atoms with Crippen molar-refractivity contribution in [3.05, 3.63) is 62.7 Å². The van der Waals surface area contributed by atoms with E-state index in [4.69, 9.17) is 21.1 Å². The molecular formula is C18H17ClN4O6. The Hall–Kier alpha value is -3.66. The van der Waals surface area contributed by atoms with E-state index >= 15 is 0 Å². The van der Waals surface area contributed by atoms with Crippen LogP contribution in [0, 0.1) is 10.1 Å². The minimum Gasteiger partial charge on any atom is -0.493 e. The van der Waals surface area contributed by atoms with Gasteiger partial charge in [-0.05, 0) is 24.3 Å². The molecule has 0 bridgehead atoms. The Morgan fingerprint density at radius 3 is 2.55 bits per heavy atom. The maximum atomic E-state index is 12.1. The van der Waals surface area contributed by atoms with Gasteiger partial charge in [-0.25, -0.2) is 5.43 Å². The molecule has 0 saturated heterocycles. The largest absolute Gasteiger partial charge is 0.493 e. The maximum absolute atomic E-state index is 12.1. The Labute approximate surface area is 170 Å². The molecule has 0 aliphatic carbocycles. The second kappa shape index (κ2) is 10.0. The molecule has 0 aliphatic heterocycles. The van der Waals surface area contributed by atoms with Gasteiger partial charge < -0.3 is 14.8 Å². The van der Waals surface area contributed by atoms with E-state index in [0.717, 1.165) is 0 Å². The molecule has 152 valence electrons. The first kappa shape index (κ1) is 21.6. The van der Waals surface area contributed by atoms with Crippen LogP contribution in [0.5, 0.6) is 11.5 Å². The normalized spacial score (nSPS) is 10.4. The number of carbonyl (C=O) groups excluding carboxylic acids is 2. The number of hydrazone groups is 1. The molecule has 0 fully saturated rings. The summed E-state index contributed by atoms with van der Waals surface area (Å²) in [4.78, 5) is 34.2. The molecule has 0 radical (unpaired) electrons. The van der Waals surface area contributed by atoms with Crippen molar-refractivity contribution in [2.75, 3.05) is 20.8 Å².